The third kappa shape index (κ3) is 5.85. The van der Waals surface area contributed by atoms with E-state index in [1.54, 1.807) is 13.0 Å². The van der Waals surface area contributed by atoms with Crippen molar-refractivity contribution in [3.63, 3.8) is 0 Å². The summed E-state index contributed by atoms with van der Waals surface area (Å²) >= 11 is 0. The first-order valence-corrected chi connectivity index (χ1v) is 7.05. The molecule has 2 N–H and O–H groups in total. The minimum atomic E-state index is -0.648. The van der Waals surface area contributed by atoms with Gasteiger partial charge in [-0.15, -0.1) is 0 Å². The summed E-state index contributed by atoms with van der Waals surface area (Å²) in [6.45, 7) is 11.1. The lowest BCUT2D eigenvalue weighted by Gasteiger charge is -2.21. The van der Waals surface area contributed by atoms with Crippen molar-refractivity contribution in [3.05, 3.63) is 34.9 Å². The van der Waals surface area contributed by atoms with Crippen molar-refractivity contribution >= 4 is 6.29 Å². The van der Waals surface area contributed by atoms with E-state index in [4.69, 9.17) is 0 Å². The standard InChI is InChI=1S/C17H28O3/c1-7-12(3)16(19)14(5)9-15(6)17(20)13(4)8-11(2)10-18/h7-10,13-14,16-17,19-20H,1-6H3. The maximum atomic E-state index is 10.6. The molecular formula is C17H28O3. The fourth-order valence-corrected chi connectivity index (χ4v) is 2.15. The van der Waals surface area contributed by atoms with Crippen molar-refractivity contribution < 1.29 is 15.0 Å². The smallest absolute Gasteiger partial charge is 0.145 e. The van der Waals surface area contributed by atoms with Crippen LogP contribution in [0.2, 0.25) is 0 Å². The number of aliphatic hydroxyl groups is 2. The van der Waals surface area contributed by atoms with Crippen LogP contribution in [0, 0.1) is 11.8 Å². The summed E-state index contributed by atoms with van der Waals surface area (Å²) in [6, 6.07) is 0. The van der Waals surface area contributed by atoms with E-state index in [1.165, 1.54) is 0 Å². The lowest BCUT2D eigenvalue weighted by molar-refractivity contribution is -0.104. The van der Waals surface area contributed by atoms with Crippen LogP contribution in [0.15, 0.2) is 34.9 Å². The molecule has 0 aliphatic heterocycles. The van der Waals surface area contributed by atoms with Crippen LogP contribution >= 0.6 is 0 Å². The normalized spacial score (nSPS) is 20.3. The van der Waals surface area contributed by atoms with Gasteiger partial charge >= 0.3 is 0 Å². The van der Waals surface area contributed by atoms with Crippen molar-refractivity contribution in [2.45, 2.75) is 53.8 Å². The van der Waals surface area contributed by atoms with Gasteiger partial charge < -0.3 is 10.2 Å². The van der Waals surface area contributed by atoms with Gasteiger partial charge in [0.05, 0.1) is 12.2 Å². The summed E-state index contributed by atoms with van der Waals surface area (Å²) in [7, 11) is 0. The molecule has 0 amide bonds. The van der Waals surface area contributed by atoms with E-state index in [9.17, 15) is 15.0 Å². The molecule has 0 radical (unpaired) electrons. The van der Waals surface area contributed by atoms with E-state index in [-0.39, 0.29) is 11.8 Å². The Hall–Kier alpha value is -1.19. The third-order valence-corrected chi connectivity index (χ3v) is 3.62. The van der Waals surface area contributed by atoms with Crippen LogP contribution in [0.5, 0.6) is 0 Å². The zero-order valence-electron chi connectivity index (χ0n) is 13.4. The molecule has 0 aromatic heterocycles. The molecule has 4 atom stereocenters. The highest BCUT2D eigenvalue weighted by molar-refractivity contribution is 5.72. The maximum absolute atomic E-state index is 10.6. The van der Waals surface area contributed by atoms with Crippen molar-refractivity contribution in [1.82, 2.24) is 0 Å². The van der Waals surface area contributed by atoms with Gasteiger partial charge in [-0.1, -0.05) is 32.1 Å². The summed E-state index contributed by atoms with van der Waals surface area (Å²) in [4.78, 5) is 10.6. The number of carbonyl (C=O) groups is 1. The molecule has 0 heterocycles. The zero-order chi connectivity index (χ0) is 15.9. The molecule has 114 valence electrons. The number of allylic oxidation sites excluding steroid dienone is 2. The van der Waals surface area contributed by atoms with E-state index >= 15 is 0 Å². The largest absolute Gasteiger partial charge is 0.388 e. The summed E-state index contributed by atoms with van der Waals surface area (Å²) in [5, 5.41) is 20.3. The predicted molar refractivity (Wildman–Crippen MR) is 83.4 cm³/mol. The first-order chi connectivity index (χ1) is 9.24. The Morgan fingerprint density at radius 2 is 1.35 bits per heavy atom. The van der Waals surface area contributed by atoms with Gasteiger partial charge in [0.25, 0.3) is 0 Å². The van der Waals surface area contributed by atoms with E-state index in [0.29, 0.717) is 5.57 Å². The second kappa shape index (κ2) is 8.88. The Morgan fingerprint density at radius 1 is 0.900 bits per heavy atom. The Morgan fingerprint density at radius 3 is 1.80 bits per heavy atom. The molecule has 0 aromatic carbocycles. The fraction of sp³-hybridized carbons (Fsp3) is 0.588. The van der Waals surface area contributed by atoms with Crippen LogP contribution in [0.25, 0.3) is 0 Å². The number of aliphatic hydroxyl groups excluding tert-OH is 2. The van der Waals surface area contributed by atoms with Crippen LogP contribution in [0.1, 0.15) is 41.5 Å². The number of hydrogen-bond donors (Lipinski definition) is 2. The highest BCUT2D eigenvalue weighted by Crippen LogP contribution is 2.20. The van der Waals surface area contributed by atoms with Crippen LogP contribution in [-0.2, 0) is 4.79 Å². The lowest BCUT2D eigenvalue weighted by atomic mass is 9.91. The van der Waals surface area contributed by atoms with E-state index in [2.05, 4.69) is 0 Å². The van der Waals surface area contributed by atoms with Gasteiger partial charge in [-0.3, -0.25) is 4.79 Å². The lowest BCUT2D eigenvalue weighted by Crippen LogP contribution is -2.21. The Labute approximate surface area is 122 Å². The van der Waals surface area contributed by atoms with Gasteiger partial charge in [-0.05, 0) is 44.4 Å². The van der Waals surface area contributed by atoms with Gasteiger partial charge in [0.15, 0.2) is 0 Å². The number of aldehydes is 1. The molecule has 0 bridgehead atoms. The number of rotatable bonds is 7. The fourth-order valence-electron chi connectivity index (χ4n) is 2.15. The first-order valence-electron chi connectivity index (χ1n) is 7.05. The van der Waals surface area contributed by atoms with E-state index in [1.807, 2.05) is 46.8 Å². The Balaban J connectivity index is 4.92. The molecule has 0 aliphatic rings. The Kier molecular flexibility index (Phi) is 8.35. The molecule has 3 heteroatoms. The SMILES string of the molecule is CC=C(C)C(O)C(C)C=C(C)C(O)C(C)C=C(C)C=O. The molecule has 0 aliphatic carbocycles. The molecule has 0 rings (SSSR count). The predicted octanol–water partition coefficient (Wildman–Crippen LogP) is 3.04. The Bertz CT molecular complexity index is 404. The average Bonchev–Trinajstić information content (AvgIpc) is 2.43. The van der Waals surface area contributed by atoms with Gasteiger partial charge in [-0.25, -0.2) is 0 Å². The van der Waals surface area contributed by atoms with Crippen LogP contribution < -0.4 is 0 Å². The summed E-state index contributed by atoms with van der Waals surface area (Å²) in [5.74, 6) is -0.201. The first kappa shape index (κ1) is 18.8. The highest BCUT2D eigenvalue weighted by atomic mass is 16.3. The maximum Gasteiger partial charge on any atom is 0.145 e. The van der Waals surface area contributed by atoms with Crippen molar-refractivity contribution in [2.75, 3.05) is 0 Å². The molecule has 0 saturated carbocycles. The van der Waals surface area contributed by atoms with Crippen molar-refractivity contribution in [3.8, 4) is 0 Å². The number of hydrogen-bond acceptors (Lipinski definition) is 3. The third-order valence-electron chi connectivity index (χ3n) is 3.62. The van der Waals surface area contributed by atoms with Gasteiger partial charge in [0, 0.05) is 11.8 Å². The quantitative estimate of drug-likeness (QED) is 0.428. The van der Waals surface area contributed by atoms with Crippen molar-refractivity contribution in [2.24, 2.45) is 11.8 Å². The molecule has 3 nitrogen and oxygen atoms in total. The molecule has 20 heavy (non-hydrogen) atoms. The average molecular weight is 280 g/mol. The monoisotopic (exact) mass is 280 g/mol. The second-order valence-electron chi connectivity index (χ2n) is 5.58. The molecular weight excluding hydrogens is 252 g/mol. The highest BCUT2D eigenvalue weighted by Gasteiger charge is 2.18. The number of carbonyl (C=O) groups excluding carboxylic acids is 1. The molecule has 0 saturated heterocycles. The molecule has 0 aromatic rings. The van der Waals surface area contributed by atoms with Gasteiger partial charge in [0.2, 0.25) is 0 Å². The van der Waals surface area contributed by atoms with E-state index < -0.39 is 12.2 Å². The summed E-state index contributed by atoms with van der Waals surface area (Å²) < 4.78 is 0. The zero-order valence-corrected chi connectivity index (χ0v) is 13.4. The summed E-state index contributed by atoms with van der Waals surface area (Å²) in [5.41, 5.74) is 2.34. The van der Waals surface area contributed by atoms with Crippen molar-refractivity contribution in [1.29, 1.82) is 0 Å². The summed E-state index contributed by atoms with van der Waals surface area (Å²) in [6.07, 6.45) is 5.13. The van der Waals surface area contributed by atoms with Gasteiger partial charge in [-0.2, -0.15) is 0 Å². The minimum absolute atomic E-state index is 0.0656. The molecule has 4 unspecified atom stereocenters. The second-order valence-corrected chi connectivity index (χ2v) is 5.58. The molecule has 0 spiro atoms. The van der Waals surface area contributed by atoms with Crippen LogP contribution in [0.4, 0.5) is 0 Å². The van der Waals surface area contributed by atoms with Crippen LogP contribution in [-0.4, -0.2) is 28.7 Å². The van der Waals surface area contributed by atoms with E-state index in [0.717, 1.165) is 17.4 Å². The molecule has 0 fully saturated rings. The van der Waals surface area contributed by atoms with Crippen LogP contribution in [0.3, 0.4) is 0 Å². The van der Waals surface area contributed by atoms with Gasteiger partial charge in [0.1, 0.15) is 6.29 Å². The topological polar surface area (TPSA) is 57.5 Å². The minimum Gasteiger partial charge on any atom is -0.388 e.